The Kier molecular flexibility index (Phi) is 4.26. The standard InChI is InChI=1S/C17H24FNO2/c1-12-9-13(18)11-14(10-12)19-17(15(20)21)6-4-5-16(2,3)7-8-17/h9-11,19H,4-8H2,1-3H3,(H,20,21). The third kappa shape index (κ3) is 3.74. The van der Waals surface area contributed by atoms with Crippen LogP contribution < -0.4 is 5.32 Å². The van der Waals surface area contributed by atoms with Crippen LogP contribution in [0.15, 0.2) is 18.2 Å². The molecule has 1 aromatic rings. The van der Waals surface area contributed by atoms with Crippen molar-refractivity contribution < 1.29 is 14.3 Å². The predicted octanol–water partition coefficient (Wildman–Crippen LogP) is 4.36. The van der Waals surface area contributed by atoms with Crippen molar-refractivity contribution >= 4 is 11.7 Å². The monoisotopic (exact) mass is 293 g/mol. The molecular formula is C17H24FNO2. The van der Waals surface area contributed by atoms with Gasteiger partial charge >= 0.3 is 5.97 Å². The normalized spacial score (nSPS) is 25.1. The number of rotatable bonds is 3. The van der Waals surface area contributed by atoms with Crippen LogP contribution in [0, 0.1) is 18.2 Å². The summed E-state index contributed by atoms with van der Waals surface area (Å²) in [4.78, 5) is 11.9. The number of nitrogens with one attached hydrogen (secondary N) is 1. The first-order valence-corrected chi connectivity index (χ1v) is 7.51. The van der Waals surface area contributed by atoms with Gasteiger partial charge in [-0.2, -0.15) is 0 Å². The summed E-state index contributed by atoms with van der Waals surface area (Å²) in [5.74, 6) is -1.19. The number of anilines is 1. The Labute approximate surface area is 125 Å². The van der Waals surface area contributed by atoms with Gasteiger partial charge in [0.1, 0.15) is 11.4 Å². The van der Waals surface area contributed by atoms with E-state index in [-0.39, 0.29) is 11.2 Å². The second kappa shape index (κ2) is 5.66. The lowest BCUT2D eigenvalue weighted by molar-refractivity contribution is -0.142. The highest BCUT2D eigenvalue weighted by molar-refractivity contribution is 5.83. The molecule has 1 atom stereocenters. The average Bonchev–Trinajstić information content (AvgIpc) is 2.48. The van der Waals surface area contributed by atoms with Crippen LogP contribution in [0.2, 0.25) is 0 Å². The number of carboxylic acids is 1. The van der Waals surface area contributed by atoms with Crippen molar-refractivity contribution in [1.29, 1.82) is 0 Å². The zero-order chi connectivity index (χ0) is 15.7. The van der Waals surface area contributed by atoms with Gasteiger partial charge in [-0.1, -0.05) is 13.8 Å². The van der Waals surface area contributed by atoms with Crippen molar-refractivity contribution in [2.24, 2.45) is 5.41 Å². The summed E-state index contributed by atoms with van der Waals surface area (Å²) in [5, 5.41) is 12.8. The molecule has 0 aliphatic heterocycles. The third-order valence-electron chi connectivity index (χ3n) is 4.52. The van der Waals surface area contributed by atoms with Crippen LogP contribution in [0.25, 0.3) is 0 Å². The van der Waals surface area contributed by atoms with Gasteiger partial charge < -0.3 is 10.4 Å². The molecule has 1 saturated carbocycles. The van der Waals surface area contributed by atoms with Crippen LogP contribution in [-0.2, 0) is 4.79 Å². The summed E-state index contributed by atoms with van der Waals surface area (Å²) in [5.41, 5.74) is 0.506. The van der Waals surface area contributed by atoms with Crippen molar-refractivity contribution in [2.75, 3.05) is 5.32 Å². The van der Waals surface area contributed by atoms with Crippen molar-refractivity contribution in [3.63, 3.8) is 0 Å². The molecule has 4 heteroatoms. The van der Waals surface area contributed by atoms with E-state index in [1.54, 1.807) is 13.0 Å². The fraction of sp³-hybridized carbons (Fsp3) is 0.588. The smallest absolute Gasteiger partial charge is 0.329 e. The van der Waals surface area contributed by atoms with Gasteiger partial charge in [0.2, 0.25) is 0 Å². The lowest BCUT2D eigenvalue weighted by Gasteiger charge is -2.31. The highest BCUT2D eigenvalue weighted by atomic mass is 19.1. The maximum atomic E-state index is 13.5. The van der Waals surface area contributed by atoms with Crippen molar-refractivity contribution in [3.05, 3.63) is 29.6 Å². The van der Waals surface area contributed by atoms with Gasteiger partial charge in [-0.3, -0.25) is 0 Å². The molecule has 1 aliphatic rings. The highest BCUT2D eigenvalue weighted by Gasteiger charge is 2.41. The van der Waals surface area contributed by atoms with Gasteiger partial charge in [0, 0.05) is 5.69 Å². The van der Waals surface area contributed by atoms with Crippen LogP contribution in [0.4, 0.5) is 10.1 Å². The van der Waals surface area contributed by atoms with E-state index in [9.17, 15) is 14.3 Å². The maximum absolute atomic E-state index is 13.5. The Balaban J connectivity index is 2.28. The average molecular weight is 293 g/mol. The first-order chi connectivity index (χ1) is 9.72. The number of carbonyl (C=O) groups is 1. The Bertz CT molecular complexity index is 521. The first kappa shape index (κ1) is 15.8. The lowest BCUT2D eigenvalue weighted by Crippen LogP contribution is -2.46. The summed E-state index contributed by atoms with van der Waals surface area (Å²) in [6, 6.07) is 4.60. The molecular weight excluding hydrogens is 269 g/mol. The minimum absolute atomic E-state index is 0.163. The molecule has 0 bridgehead atoms. The molecule has 2 N–H and O–H groups in total. The summed E-state index contributed by atoms with van der Waals surface area (Å²) in [7, 11) is 0. The van der Waals surface area contributed by atoms with Gasteiger partial charge in [0.25, 0.3) is 0 Å². The molecule has 1 fully saturated rings. The Morgan fingerprint density at radius 1 is 1.19 bits per heavy atom. The summed E-state index contributed by atoms with van der Waals surface area (Å²) < 4.78 is 13.5. The third-order valence-corrected chi connectivity index (χ3v) is 4.52. The van der Waals surface area contributed by atoms with Crippen LogP contribution in [0.3, 0.4) is 0 Å². The number of aliphatic carboxylic acids is 1. The molecule has 1 aliphatic carbocycles. The number of halogens is 1. The zero-order valence-electron chi connectivity index (χ0n) is 13.0. The van der Waals surface area contributed by atoms with Gasteiger partial charge in [-0.25, -0.2) is 9.18 Å². The Morgan fingerprint density at radius 2 is 1.90 bits per heavy atom. The molecule has 1 unspecified atom stereocenters. The number of hydrogen-bond donors (Lipinski definition) is 2. The first-order valence-electron chi connectivity index (χ1n) is 7.51. The quantitative estimate of drug-likeness (QED) is 0.814. The van der Waals surface area contributed by atoms with Gasteiger partial charge in [0.15, 0.2) is 0 Å². The minimum Gasteiger partial charge on any atom is -0.480 e. The molecule has 0 aromatic heterocycles. The molecule has 21 heavy (non-hydrogen) atoms. The second-order valence-electron chi connectivity index (χ2n) is 7.05. The molecule has 0 spiro atoms. The Hall–Kier alpha value is -1.58. The van der Waals surface area contributed by atoms with Gasteiger partial charge in [-0.05, 0) is 68.2 Å². The number of carboxylic acid groups (broad SMARTS) is 1. The fourth-order valence-corrected chi connectivity index (χ4v) is 3.15. The van der Waals surface area contributed by atoms with Crippen molar-refractivity contribution in [3.8, 4) is 0 Å². The van der Waals surface area contributed by atoms with E-state index in [1.165, 1.54) is 12.1 Å². The van der Waals surface area contributed by atoms with Crippen molar-refractivity contribution in [2.45, 2.75) is 58.4 Å². The van der Waals surface area contributed by atoms with Crippen molar-refractivity contribution in [1.82, 2.24) is 0 Å². The van der Waals surface area contributed by atoms with Crippen LogP contribution in [0.5, 0.6) is 0 Å². The van der Waals surface area contributed by atoms with E-state index < -0.39 is 11.5 Å². The second-order valence-corrected chi connectivity index (χ2v) is 7.05. The van der Waals surface area contributed by atoms with E-state index >= 15 is 0 Å². The Morgan fingerprint density at radius 3 is 2.52 bits per heavy atom. The van der Waals surface area contributed by atoms with E-state index in [1.807, 2.05) is 0 Å². The zero-order valence-corrected chi connectivity index (χ0v) is 13.0. The van der Waals surface area contributed by atoms with Gasteiger partial charge in [-0.15, -0.1) is 0 Å². The van der Waals surface area contributed by atoms with E-state index in [2.05, 4.69) is 19.2 Å². The molecule has 0 saturated heterocycles. The summed E-state index contributed by atoms with van der Waals surface area (Å²) >= 11 is 0. The van der Waals surface area contributed by atoms with Crippen LogP contribution >= 0.6 is 0 Å². The lowest BCUT2D eigenvalue weighted by atomic mass is 9.83. The molecule has 0 radical (unpaired) electrons. The topological polar surface area (TPSA) is 49.3 Å². The fourth-order valence-electron chi connectivity index (χ4n) is 3.15. The van der Waals surface area contributed by atoms with Crippen LogP contribution in [0.1, 0.15) is 51.5 Å². The molecule has 2 rings (SSSR count). The molecule has 0 heterocycles. The number of hydrogen-bond acceptors (Lipinski definition) is 2. The van der Waals surface area contributed by atoms with Gasteiger partial charge in [0.05, 0.1) is 0 Å². The molecule has 0 amide bonds. The summed E-state index contributed by atoms with van der Waals surface area (Å²) in [6.45, 7) is 6.16. The SMILES string of the molecule is Cc1cc(F)cc(NC2(C(=O)O)CCCC(C)(C)CC2)c1. The predicted molar refractivity (Wildman–Crippen MR) is 82.0 cm³/mol. The highest BCUT2D eigenvalue weighted by Crippen LogP contribution is 2.39. The van der Waals surface area contributed by atoms with Crippen LogP contribution in [-0.4, -0.2) is 16.6 Å². The molecule has 1 aromatic carbocycles. The minimum atomic E-state index is -0.992. The molecule has 3 nitrogen and oxygen atoms in total. The largest absolute Gasteiger partial charge is 0.480 e. The van der Waals surface area contributed by atoms with E-state index in [0.29, 0.717) is 18.5 Å². The van der Waals surface area contributed by atoms with E-state index in [4.69, 9.17) is 0 Å². The number of benzene rings is 1. The maximum Gasteiger partial charge on any atom is 0.329 e. The number of aryl methyl sites for hydroxylation is 1. The molecule has 116 valence electrons. The van der Waals surface area contributed by atoms with E-state index in [0.717, 1.165) is 24.8 Å². The summed E-state index contributed by atoms with van der Waals surface area (Å²) in [6.07, 6.45) is 3.86.